The predicted octanol–water partition coefficient (Wildman–Crippen LogP) is 6.59. The number of aromatic nitrogens is 5. The van der Waals surface area contributed by atoms with Crippen molar-refractivity contribution in [1.82, 2.24) is 24.3 Å². The van der Waals surface area contributed by atoms with E-state index in [2.05, 4.69) is 47.2 Å². The number of nitrogens with zero attached hydrogens (tertiary/aromatic N) is 7. The SMILES string of the molecule is CC1C[C@H]2CC[C@@H](C1)N2c1cnc2c(-c3ccc4nn(C)c(C#N)c4c3Cl)cn(COCC[Si](C)(C)C)c2n1. The van der Waals surface area contributed by atoms with Crippen molar-refractivity contribution in [2.75, 3.05) is 11.5 Å². The van der Waals surface area contributed by atoms with Gasteiger partial charge in [-0.25, -0.2) is 9.97 Å². The zero-order valence-corrected chi connectivity index (χ0v) is 25.2. The van der Waals surface area contributed by atoms with Gasteiger partial charge in [0.05, 0.1) is 22.1 Å². The van der Waals surface area contributed by atoms with E-state index in [9.17, 15) is 5.26 Å². The summed E-state index contributed by atoms with van der Waals surface area (Å²) in [6, 6.07) is 8.30. The topological polar surface area (TPSA) is 84.8 Å². The molecule has 204 valence electrons. The van der Waals surface area contributed by atoms with Crippen LogP contribution in [0.4, 0.5) is 5.82 Å². The van der Waals surface area contributed by atoms with E-state index < -0.39 is 8.07 Å². The molecule has 2 bridgehead atoms. The lowest BCUT2D eigenvalue weighted by atomic mass is 9.92. The third kappa shape index (κ3) is 4.73. The summed E-state index contributed by atoms with van der Waals surface area (Å²) in [5.41, 5.74) is 4.43. The van der Waals surface area contributed by atoms with Crippen LogP contribution in [0.5, 0.6) is 0 Å². The molecule has 2 aliphatic rings. The first kappa shape index (κ1) is 26.3. The Morgan fingerprint density at radius 1 is 1.15 bits per heavy atom. The molecule has 0 spiro atoms. The van der Waals surface area contributed by atoms with E-state index in [1.807, 2.05) is 24.5 Å². The van der Waals surface area contributed by atoms with Gasteiger partial charge in [0.15, 0.2) is 5.65 Å². The summed E-state index contributed by atoms with van der Waals surface area (Å²) in [5, 5.41) is 15.4. The minimum absolute atomic E-state index is 0.402. The number of nitriles is 1. The van der Waals surface area contributed by atoms with Gasteiger partial charge in [-0.2, -0.15) is 10.4 Å². The second-order valence-electron chi connectivity index (χ2n) is 12.5. The van der Waals surface area contributed by atoms with Gasteiger partial charge in [0.2, 0.25) is 0 Å². The highest BCUT2D eigenvalue weighted by Gasteiger charge is 2.40. The van der Waals surface area contributed by atoms with Crippen molar-refractivity contribution in [2.45, 2.75) is 77.1 Å². The number of aryl methyl sites for hydroxylation is 1. The Morgan fingerprint density at radius 2 is 1.90 bits per heavy atom. The monoisotopic (exact) mass is 561 g/mol. The van der Waals surface area contributed by atoms with Crippen molar-refractivity contribution in [2.24, 2.45) is 13.0 Å². The molecule has 0 N–H and O–H groups in total. The number of anilines is 1. The highest BCUT2D eigenvalue weighted by Crippen LogP contribution is 2.42. The van der Waals surface area contributed by atoms with Crippen molar-refractivity contribution in [1.29, 1.82) is 5.26 Å². The summed E-state index contributed by atoms with van der Waals surface area (Å²) < 4.78 is 9.82. The number of benzene rings is 1. The molecule has 39 heavy (non-hydrogen) atoms. The first-order valence-electron chi connectivity index (χ1n) is 13.9. The first-order valence-corrected chi connectivity index (χ1v) is 18.0. The minimum Gasteiger partial charge on any atom is -0.361 e. The van der Waals surface area contributed by atoms with Crippen LogP contribution in [-0.4, -0.2) is 51.1 Å². The van der Waals surface area contributed by atoms with Gasteiger partial charge in [0, 0.05) is 51.1 Å². The number of hydrogen-bond acceptors (Lipinski definition) is 6. The molecule has 2 saturated heterocycles. The number of ether oxygens (including phenoxy) is 1. The minimum atomic E-state index is -1.20. The maximum absolute atomic E-state index is 9.75. The van der Waals surface area contributed by atoms with E-state index >= 15 is 0 Å². The van der Waals surface area contributed by atoms with E-state index in [0.29, 0.717) is 40.4 Å². The molecule has 4 aromatic rings. The predicted molar refractivity (Wildman–Crippen MR) is 159 cm³/mol. The van der Waals surface area contributed by atoms with Gasteiger partial charge in [-0.05, 0) is 43.7 Å². The van der Waals surface area contributed by atoms with E-state index in [1.54, 1.807) is 11.7 Å². The Labute approximate surface area is 235 Å². The average Bonchev–Trinajstić information content (AvgIpc) is 3.50. The molecule has 10 heteroatoms. The number of fused-ring (bicyclic) bond motifs is 4. The molecule has 2 aliphatic heterocycles. The van der Waals surface area contributed by atoms with Crippen LogP contribution >= 0.6 is 11.6 Å². The summed E-state index contributed by atoms with van der Waals surface area (Å²) in [4.78, 5) is 12.7. The quantitative estimate of drug-likeness (QED) is 0.187. The summed E-state index contributed by atoms with van der Waals surface area (Å²) in [6.45, 7) is 10.6. The first-order chi connectivity index (χ1) is 18.6. The Morgan fingerprint density at radius 3 is 2.59 bits per heavy atom. The van der Waals surface area contributed by atoms with Gasteiger partial charge < -0.3 is 14.2 Å². The smallest absolute Gasteiger partial charge is 0.163 e. The van der Waals surface area contributed by atoms with E-state index in [4.69, 9.17) is 26.3 Å². The third-order valence-corrected chi connectivity index (χ3v) is 10.4. The second-order valence-corrected chi connectivity index (χ2v) is 18.5. The molecular formula is C29H36ClN7OSi. The van der Waals surface area contributed by atoms with Crippen LogP contribution in [0.2, 0.25) is 30.7 Å². The number of piperidine rings is 1. The van der Waals surface area contributed by atoms with Crippen LogP contribution in [-0.2, 0) is 18.5 Å². The largest absolute Gasteiger partial charge is 0.361 e. The Bertz CT molecular complexity index is 1580. The zero-order chi connectivity index (χ0) is 27.5. The second kappa shape index (κ2) is 9.92. The number of rotatable bonds is 7. The van der Waals surface area contributed by atoms with Gasteiger partial charge in [-0.3, -0.25) is 4.68 Å². The van der Waals surface area contributed by atoms with Gasteiger partial charge in [0.25, 0.3) is 0 Å². The molecule has 0 aliphatic carbocycles. The molecule has 0 saturated carbocycles. The molecule has 8 nitrogen and oxygen atoms in total. The zero-order valence-electron chi connectivity index (χ0n) is 23.4. The van der Waals surface area contributed by atoms with Crippen LogP contribution < -0.4 is 4.90 Å². The van der Waals surface area contributed by atoms with Crippen molar-refractivity contribution in [3.63, 3.8) is 0 Å². The van der Waals surface area contributed by atoms with Gasteiger partial charge in [0.1, 0.15) is 29.8 Å². The molecular weight excluding hydrogens is 526 g/mol. The highest BCUT2D eigenvalue weighted by molar-refractivity contribution is 6.76. The molecule has 0 radical (unpaired) electrons. The van der Waals surface area contributed by atoms with E-state index in [1.165, 1.54) is 25.7 Å². The van der Waals surface area contributed by atoms with Crippen molar-refractivity contribution >= 4 is 47.6 Å². The fraction of sp³-hybridized carbons (Fsp3) is 0.517. The third-order valence-electron chi connectivity index (χ3n) is 8.35. The fourth-order valence-corrected chi connectivity index (χ4v) is 7.52. The molecule has 3 atom stereocenters. The normalized spacial score (nSPS) is 21.3. The van der Waals surface area contributed by atoms with Crippen molar-refractivity contribution in [3.8, 4) is 17.2 Å². The molecule has 0 amide bonds. The molecule has 6 rings (SSSR count). The lowest BCUT2D eigenvalue weighted by Crippen LogP contribution is -2.43. The molecule has 3 aromatic heterocycles. The summed E-state index contributed by atoms with van der Waals surface area (Å²) in [6.07, 6.45) is 8.85. The molecule has 1 aromatic carbocycles. The Balaban J connectivity index is 1.44. The van der Waals surface area contributed by atoms with Crippen LogP contribution in [0.25, 0.3) is 33.2 Å². The summed E-state index contributed by atoms with van der Waals surface area (Å²) in [5.74, 6) is 1.71. The van der Waals surface area contributed by atoms with E-state index in [0.717, 1.165) is 46.7 Å². The molecule has 5 heterocycles. The van der Waals surface area contributed by atoms with Crippen LogP contribution in [0.15, 0.2) is 24.5 Å². The van der Waals surface area contributed by atoms with E-state index in [-0.39, 0.29) is 0 Å². The molecule has 2 fully saturated rings. The number of halogens is 1. The molecule has 1 unspecified atom stereocenters. The maximum atomic E-state index is 9.75. The lowest BCUT2D eigenvalue weighted by molar-refractivity contribution is 0.0899. The van der Waals surface area contributed by atoms with Crippen molar-refractivity contribution in [3.05, 3.63) is 35.2 Å². The maximum Gasteiger partial charge on any atom is 0.163 e. The lowest BCUT2D eigenvalue weighted by Gasteiger charge is -2.38. The van der Waals surface area contributed by atoms with Gasteiger partial charge in [-0.1, -0.05) is 44.2 Å². The van der Waals surface area contributed by atoms with Crippen LogP contribution in [0, 0.1) is 17.2 Å². The van der Waals surface area contributed by atoms with Crippen LogP contribution in [0.3, 0.4) is 0 Å². The summed E-state index contributed by atoms with van der Waals surface area (Å²) in [7, 11) is 0.560. The highest BCUT2D eigenvalue weighted by atomic mass is 35.5. The standard InChI is InChI=1S/C29H36ClN7OSi/c1-18-12-19-6-7-20(13-18)37(19)25-15-32-28-22(16-36(29(28)33-25)17-38-10-11-39(3,4)5)21-8-9-23-26(27(21)30)24(14-31)35(2)34-23/h8-9,15-16,18-20H,6-7,10-13,17H2,1-5H3/t18?,19-,20+. The number of hydrogen-bond donors (Lipinski definition) is 0. The average molecular weight is 562 g/mol. The fourth-order valence-electron chi connectivity index (χ4n) is 6.41. The Kier molecular flexibility index (Phi) is 6.69. The van der Waals surface area contributed by atoms with Gasteiger partial charge >= 0.3 is 0 Å². The Hall–Kier alpha value is -2.93. The van der Waals surface area contributed by atoms with Gasteiger partial charge in [-0.15, -0.1) is 0 Å². The van der Waals surface area contributed by atoms with Crippen molar-refractivity contribution < 1.29 is 4.74 Å². The summed E-state index contributed by atoms with van der Waals surface area (Å²) >= 11 is 6.98. The van der Waals surface area contributed by atoms with Crippen LogP contribution in [0.1, 0.15) is 38.3 Å².